The maximum absolute atomic E-state index is 12.9. The van der Waals surface area contributed by atoms with Crippen LogP contribution in [0.15, 0.2) is 29.2 Å². The molecular formula is C20H25N5O5S2. The van der Waals surface area contributed by atoms with Gasteiger partial charge in [0.25, 0.3) is 11.8 Å². The van der Waals surface area contributed by atoms with Crippen LogP contribution in [0.1, 0.15) is 31.2 Å². The number of urea groups is 1. The molecule has 3 rings (SSSR count). The Bertz CT molecular complexity index is 1160. The van der Waals surface area contributed by atoms with Gasteiger partial charge in [-0.3, -0.25) is 14.9 Å². The summed E-state index contributed by atoms with van der Waals surface area (Å²) in [7, 11) is 2.62. The minimum atomic E-state index is -3.61. The van der Waals surface area contributed by atoms with Crippen molar-refractivity contribution in [3.63, 3.8) is 0 Å². The number of fused-ring (bicyclic) bond motifs is 1. The molecule has 1 aromatic carbocycles. The van der Waals surface area contributed by atoms with Crippen molar-refractivity contribution in [2.24, 2.45) is 0 Å². The summed E-state index contributed by atoms with van der Waals surface area (Å²) in [6, 6.07) is 4.91. The van der Waals surface area contributed by atoms with Gasteiger partial charge < -0.3 is 15.5 Å². The first kappa shape index (κ1) is 23.9. The first-order valence-corrected chi connectivity index (χ1v) is 12.0. The lowest BCUT2D eigenvalue weighted by Crippen LogP contribution is -2.38. The normalized spacial score (nSPS) is 14.0. The molecule has 2 heterocycles. The molecule has 0 fully saturated rings. The average Bonchev–Trinajstić information content (AvgIpc) is 3.10. The van der Waals surface area contributed by atoms with Crippen LogP contribution in [0.2, 0.25) is 0 Å². The van der Waals surface area contributed by atoms with Crippen molar-refractivity contribution in [1.29, 1.82) is 0 Å². The van der Waals surface area contributed by atoms with Crippen molar-refractivity contribution in [1.82, 2.24) is 19.8 Å². The van der Waals surface area contributed by atoms with Gasteiger partial charge in [0, 0.05) is 44.7 Å². The molecule has 32 heavy (non-hydrogen) atoms. The number of hydrogen-bond acceptors (Lipinski definition) is 7. The molecule has 0 spiro atoms. The van der Waals surface area contributed by atoms with E-state index >= 15 is 0 Å². The molecule has 0 atom stereocenters. The third kappa shape index (κ3) is 4.83. The Hall–Kier alpha value is -2.80. The maximum atomic E-state index is 12.9. The lowest BCUT2D eigenvalue weighted by molar-refractivity contribution is 0.0964. The van der Waals surface area contributed by atoms with E-state index in [0.29, 0.717) is 18.0 Å². The molecule has 172 valence electrons. The van der Waals surface area contributed by atoms with Crippen molar-refractivity contribution in [2.45, 2.75) is 17.9 Å². The molecule has 3 N–H and O–H groups in total. The van der Waals surface area contributed by atoms with E-state index in [1.54, 1.807) is 0 Å². The van der Waals surface area contributed by atoms with Crippen LogP contribution in [-0.2, 0) is 23.0 Å². The molecule has 10 nitrogen and oxygen atoms in total. The van der Waals surface area contributed by atoms with E-state index < -0.39 is 27.9 Å². The number of nitrogens with zero attached hydrogens (tertiary/aromatic N) is 2. The molecule has 0 bridgehead atoms. The molecule has 1 aliphatic rings. The van der Waals surface area contributed by atoms with Crippen molar-refractivity contribution in [2.75, 3.05) is 40.1 Å². The third-order valence-electron chi connectivity index (χ3n) is 5.05. The molecule has 0 unspecified atom stereocenters. The van der Waals surface area contributed by atoms with Crippen LogP contribution in [0.25, 0.3) is 0 Å². The van der Waals surface area contributed by atoms with Crippen LogP contribution in [0.5, 0.6) is 0 Å². The maximum Gasteiger partial charge on any atom is 0.321 e. The SMILES string of the molecule is CNC(=O)NC(=O)c1c(NC(=O)c2ccc(S(=O)(=O)N(C)C)cc2)sc2c1CCN(C)C2. The monoisotopic (exact) mass is 479 g/mol. The van der Waals surface area contributed by atoms with Crippen LogP contribution < -0.4 is 16.0 Å². The summed E-state index contributed by atoms with van der Waals surface area (Å²) in [5, 5.41) is 7.71. The highest BCUT2D eigenvalue weighted by Crippen LogP contribution is 2.37. The second kappa shape index (κ2) is 9.36. The van der Waals surface area contributed by atoms with Gasteiger partial charge in [-0.05, 0) is 43.3 Å². The smallest absolute Gasteiger partial charge is 0.321 e. The molecule has 4 amide bonds. The number of likely N-dealkylation sites (N-methyl/N-ethyl adjacent to an activating group) is 1. The first-order chi connectivity index (χ1) is 15.0. The number of nitrogens with one attached hydrogen (secondary N) is 3. The topological polar surface area (TPSA) is 128 Å². The fraction of sp³-hybridized carbons (Fsp3) is 0.350. The van der Waals surface area contributed by atoms with E-state index in [2.05, 4.69) is 20.9 Å². The van der Waals surface area contributed by atoms with E-state index in [1.807, 2.05) is 7.05 Å². The van der Waals surface area contributed by atoms with E-state index in [-0.39, 0.29) is 16.0 Å². The number of amides is 4. The van der Waals surface area contributed by atoms with Gasteiger partial charge in [0.1, 0.15) is 5.00 Å². The van der Waals surface area contributed by atoms with Gasteiger partial charge in [-0.15, -0.1) is 11.3 Å². The minimum Gasteiger partial charge on any atom is -0.341 e. The van der Waals surface area contributed by atoms with Crippen LogP contribution in [-0.4, -0.2) is 70.2 Å². The zero-order valence-electron chi connectivity index (χ0n) is 18.2. The van der Waals surface area contributed by atoms with Gasteiger partial charge in [0.05, 0.1) is 10.5 Å². The Kier molecular flexibility index (Phi) is 6.98. The van der Waals surface area contributed by atoms with E-state index in [0.717, 1.165) is 21.3 Å². The molecule has 0 radical (unpaired) electrons. The quantitative estimate of drug-likeness (QED) is 0.593. The molecule has 0 aliphatic carbocycles. The largest absolute Gasteiger partial charge is 0.341 e. The highest BCUT2D eigenvalue weighted by atomic mass is 32.2. The average molecular weight is 480 g/mol. The van der Waals surface area contributed by atoms with Gasteiger partial charge >= 0.3 is 6.03 Å². The van der Waals surface area contributed by atoms with Crippen molar-refractivity contribution >= 4 is 44.2 Å². The Morgan fingerprint density at radius 3 is 2.34 bits per heavy atom. The molecule has 2 aromatic rings. The molecule has 1 aromatic heterocycles. The lowest BCUT2D eigenvalue weighted by atomic mass is 10.0. The van der Waals surface area contributed by atoms with Gasteiger partial charge in [-0.2, -0.15) is 0 Å². The summed E-state index contributed by atoms with van der Waals surface area (Å²) in [5.41, 5.74) is 1.34. The minimum absolute atomic E-state index is 0.0688. The molecule has 0 saturated carbocycles. The van der Waals surface area contributed by atoms with Gasteiger partial charge in [0.15, 0.2) is 0 Å². The third-order valence-corrected chi connectivity index (χ3v) is 8.01. The molecular weight excluding hydrogens is 454 g/mol. The summed E-state index contributed by atoms with van der Waals surface area (Å²) in [6.07, 6.45) is 0.617. The number of sulfonamides is 1. The highest BCUT2D eigenvalue weighted by molar-refractivity contribution is 7.89. The van der Waals surface area contributed by atoms with E-state index in [1.165, 1.54) is 56.7 Å². The predicted octanol–water partition coefficient (Wildman–Crippen LogP) is 1.31. The van der Waals surface area contributed by atoms with Crippen LogP contribution >= 0.6 is 11.3 Å². The van der Waals surface area contributed by atoms with Crippen LogP contribution in [0.3, 0.4) is 0 Å². The number of carbonyl (C=O) groups is 3. The molecule has 0 saturated heterocycles. The standard InChI is InChI=1S/C20H25N5O5S2/c1-21-20(28)23-18(27)16-14-9-10-25(4)11-15(14)31-19(16)22-17(26)12-5-7-13(8-6-12)32(29,30)24(2)3/h5-8H,9-11H2,1-4H3,(H,22,26)(H2,21,23,27,28). The number of imide groups is 1. The second-order valence-electron chi connectivity index (χ2n) is 7.49. The Balaban J connectivity index is 1.90. The molecule has 12 heteroatoms. The summed E-state index contributed by atoms with van der Waals surface area (Å²) >= 11 is 1.29. The summed E-state index contributed by atoms with van der Waals surface area (Å²) in [5.74, 6) is -1.08. The lowest BCUT2D eigenvalue weighted by Gasteiger charge is -2.22. The Morgan fingerprint density at radius 2 is 1.75 bits per heavy atom. The summed E-state index contributed by atoms with van der Waals surface area (Å²) in [4.78, 5) is 40.4. The first-order valence-electron chi connectivity index (χ1n) is 9.74. The number of benzene rings is 1. The van der Waals surface area contributed by atoms with Gasteiger partial charge in [-0.1, -0.05) is 0 Å². The summed E-state index contributed by atoms with van der Waals surface area (Å²) < 4.78 is 25.5. The Morgan fingerprint density at radius 1 is 1.09 bits per heavy atom. The highest BCUT2D eigenvalue weighted by Gasteiger charge is 2.29. The van der Waals surface area contributed by atoms with Gasteiger partial charge in [-0.25, -0.2) is 17.5 Å². The van der Waals surface area contributed by atoms with Crippen LogP contribution in [0, 0.1) is 0 Å². The van der Waals surface area contributed by atoms with Crippen LogP contribution in [0.4, 0.5) is 9.80 Å². The van der Waals surface area contributed by atoms with Gasteiger partial charge in [0.2, 0.25) is 10.0 Å². The zero-order valence-corrected chi connectivity index (χ0v) is 19.8. The van der Waals surface area contributed by atoms with E-state index in [4.69, 9.17) is 0 Å². The molecule has 1 aliphatic heterocycles. The fourth-order valence-electron chi connectivity index (χ4n) is 3.25. The number of thiophene rings is 1. The van der Waals surface area contributed by atoms with Crippen molar-refractivity contribution in [3.05, 3.63) is 45.8 Å². The van der Waals surface area contributed by atoms with Crippen molar-refractivity contribution < 1.29 is 22.8 Å². The van der Waals surface area contributed by atoms with Crippen molar-refractivity contribution in [3.8, 4) is 0 Å². The summed E-state index contributed by atoms with van der Waals surface area (Å²) in [6.45, 7) is 1.38. The second-order valence-corrected chi connectivity index (χ2v) is 10.8. The number of anilines is 1. The number of hydrogen-bond donors (Lipinski definition) is 3. The predicted molar refractivity (Wildman–Crippen MR) is 122 cm³/mol. The fourth-order valence-corrected chi connectivity index (χ4v) is 5.47. The zero-order chi connectivity index (χ0) is 23.6. The number of rotatable bonds is 5. The number of carbonyl (C=O) groups excluding carboxylic acids is 3. The Labute approximate surface area is 190 Å². The van der Waals surface area contributed by atoms with E-state index in [9.17, 15) is 22.8 Å².